The molecule has 0 spiro atoms. The maximum absolute atomic E-state index is 13.0. The Kier molecular flexibility index (Phi) is 5.31. The molecule has 0 radical (unpaired) electrons. The molecule has 3 aromatic carbocycles. The van der Waals surface area contributed by atoms with Crippen molar-refractivity contribution in [1.29, 1.82) is 0 Å². The summed E-state index contributed by atoms with van der Waals surface area (Å²) < 4.78 is 0. The van der Waals surface area contributed by atoms with Crippen LogP contribution in [0.25, 0.3) is 0 Å². The molecule has 0 aliphatic carbocycles. The van der Waals surface area contributed by atoms with E-state index in [1.54, 1.807) is 42.5 Å². The second-order valence-corrected chi connectivity index (χ2v) is 5.74. The number of para-hydroxylation sites is 1. The number of nitro benzene ring substituents is 1. The van der Waals surface area contributed by atoms with Gasteiger partial charge in [0, 0.05) is 17.7 Å². The Morgan fingerprint density at radius 2 is 1.50 bits per heavy atom. The number of nitro groups is 1. The van der Waals surface area contributed by atoms with Crippen LogP contribution in [0.3, 0.4) is 0 Å². The van der Waals surface area contributed by atoms with Crippen LogP contribution in [0.2, 0.25) is 0 Å². The topological polar surface area (TPSA) is 113 Å². The second kappa shape index (κ2) is 8.00. The minimum atomic E-state index is -0.698. The van der Waals surface area contributed by atoms with Crippen LogP contribution in [-0.2, 0) is 0 Å². The van der Waals surface area contributed by atoms with Crippen LogP contribution in [0.4, 0.5) is 11.4 Å². The van der Waals surface area contributed by atoms with Gasteiger partial charge in [-0.1, -0.05) is 30.3 Å². The number of hydrogen-bond acceptors (Lipinski definition) is 5. The van der Waals surface area contributed by atoms with E-state index in [1.165, 1.54) is 36.4 Å². The van der Waals surface area contributed by atoms with E-state index in [0.29, 0.717) is 5.56 Å². The third kappa shape index (κ3) is 3.96. The highest BCUT2D eigenvalue weighted by atomic mass is 16.6. The van der Waals surface area contributed by atoms with Crippen molar-refractivity contribution in [2.24, 2.45) is 0 Å². The summed E-state index contributed by atoms with van der Waals surface area (Å²) in [4.78, 5) is 35.8. The quantitative estimate of drug-likeness (QED) is 0.535. The van der Waals surface area contributed by atoms with Crippen molar-refractivity contribution in [3.8, 4) is 5.75 Å². The van der Waals surface area contributed by atoms with Gasteiger partial charge < -0.3 is 5.11 Å². The summed E-state index contributed by atoms with van der Waals surface area (Å²) >= 11 is 0. The number of anilines is 1. The molecule has 0 fully saturated rings. The molecule has 2 N–H and O–H groups in total. The summed E-state index contributed by atoms with van der Waals surface area (Å²) in [5.41, 5.74) is 2.81. The first-order chi connectivity index (χ1) is 13.5. The largest absolute Gasteiger partial charge is 0.507 e. The lowest BCUT2D eigenvalue weighted by molar-refractivity contribution is -0.384. The molecule has 0 aliphatic rings. The van der Waals surface area contributed by atoms with Gasteiger partial charge in [0.05, 0.1) is 16.2 Å². The van der Waals surface area contributed by atoms with Crippen molar-refractivity contribution in [3.63, 3.8) is 0 Å². The maximum atomic E-state index is 13.0. The van der Waals surface area contributed by atoms with Gasteiger partial charge in [-0.25, -0.2) is 5.01 Å². The first-order valence-corrected chi connectivity index (χ1v) is 8.20. The number of hydrazine groups is 1. The highest BCUT2D eigenvalue weighted by Crippen LogP contribution is 2.23. The number of carbonyl (C=O) groups excluding carboxylic acids is 2. The second-order valence-electron chi connectivity index (χ2n) is 5.74. The number of phenolic OH excluding ortho intramolecular Hbond substituents is 1. The van der Waals surface area contributed by atoms with E-state index in [1.807, 2.05) is 0 Å². The fourth-order valence-corrected chi connectivity index (χ4v) is 2.49. The number of amides is 2. The highest BCUT2D eigenvalue weighted by molar-refractivity contribution is 6.10. The monoisotopic (exact) mass is 377 g/mol. The van der Waals surface area contributed by atoms with Gasteiger partial charge in [0.2, 0.25) is 0 Å². The van der Waals surface area contributed by atoms with Crippen molar-refractivity contribution in [2.45, 2.75) is 0 Å². The summed E-state index contributed by atoms with van der Waals surface area (Å²) in [5.74, 6) is -1.51. The molecule has 0 aliphatic heterocycles. The molecule has 0 unspecified atom stereocenters. The van der Waals surface area contributed by atoms with Crippen molar-refractivity contribution in [2.75, 3.05) is 5.01 Å². The molecule has 0 heterocycles. The van der Waals surface area contributed by atoms with Gasteiger partial charge in [-0.3, -0.25) is 25.1 Å². The average molecular weight is 377 g/mol. The van der Waals surface area contributed by atoms with Gasteiger partial charge in [0.1, 0.15) is 5.75 Å². The predicted molar refractivity (Wildman–Crippen MR) is 102 cm³/mol. The molecule has 140 valence electrons. The summed E-state index contributed by atoms with van der Waals surface area (Å²) in [5, 5.41) is 21.8. The van der Waals surface area contributed by atoms with Gasteiger partial charge in [-0.15, -0.1) is 0 Å². The third-order valence-electron chi connectivity index (χ3n) is 3.91. The molecular weight excluding hydrogens is 362 g/mol. The minimum absolute atomic E-state index is 0.0331. The summed E-state index contributed by atoms with van der Waals surface area (Å²) in [6.45, 7) is 0. The molecule has 0 bridgehead atoms. The third-order valence-corrected chi connectivity index (χ3v) is 3.91. The van der Waals surface area contributed by atoms with E-state index in [2.05, 4.69) is 5.43 Å². The first kappa shape index (κ1) is 18.6. The van der Waals surface area contributed by atoms with Crippen LogP contribution < -0.4 is 10.4 Å². The van der Waals surface area contributed by atoms with Crippen molar-refractivity contribution < 1.29 is 19.6 Å². The Morgan fingerprint density at radius 1 is 0.893 bits per heavy atom. The molecule has 0 saturated heterocycles. The first-order valence-electron chi connectivity index (χ1n) is 8.20. The lowest BCUT2D eigenvalue weighted by atomic mass is 10.1. The number of nitrogens with zero attached hydrogens (tertiary/aromatic N) is 2. The van der Waals surface area contributed by atoms with Crippen molar-refractivity contribution in [1.82, 2.24) is 5.43 Å². The van der Waals surface area contributed by atoms with Gasteiger partial charge in [0.25, 0.3) is 17.5 Å². The Balaban J connectivity index is 1.98. The van der Waals surface area contributed by atoms with Gasteiger partial charge in [0.15, 0.2) is 0 Å². The van der Waals surface area contributed by atoms with Crippen LogP contribution in [0.5, 0.6) is 5.75 Å². The zero-order valence-electron chi connectivity index (χ0n) is 14.5. The molecule has 8 nitrogen and oxygen atoms in total. The SMILES string of the molecule is O=C(NN(C(=O)c1ccccc1O)c1ccc([N+](=O)[O-])cc1)c1ccccc1. The van der Waals surface area contributed by atoms with Gasteiger partial charge in [-0.2, -0.15) is 0 Å². The normalized spacial score (nSPS) is 10.1. The molecule has 3 rings (SSSR count). The fraction of sp³-hybridized carbons (Fsp3) is 0. The standard InChI is InChI=1S/C20H15N3O5/c24-18-9-5-4-8-17(18)20(26)22(15-10-12-16(13-11-15)23(27)28)21-19(25)14-6-2-1-3-7-14/h1-13,24H,(H,21,25). The lowest BCUT2D eigenvalue weighted by Crippen LogP contribution is -2.46. The maximum Gasteiger partial charge on any atom is 0.280 e. The van der Waals surface area contributed by atoms with E-state index < -0.39 is 16.7 Å². The number of carbonyl (C=O) groups is 2. The van der Waals surface area contributed by atoms with E-state index >= 15 is 0 Å². The number of hydrogen-bond donors (Lipinski definition) is 2. The molecule has 0 atom stereocenters. The van der Waals surface area contributed by atoms with E-state index in [4.69, 9.17) is 0 Å². The average Bonchev–Trinajstić information content (AvgIpc) is 2.72. The number of phenols is 1. The lowest BCUT2D eigenvalue weighted by Gasteiger charge is -2.23. The summed E-state index contributed by atoms with van der Waals surface area (Å²) in [7, 11) is 0. The minimum Gasteiger partial charge on any atom is -0.507 e. The van der Waals surface area contributed by atoms with Crippen LogP contribution in [-0.4, -0.2) is 21.8 Å². The van der Waals surface area contributed by atoms with Gasteiger partial charge in [-0.05, 0) is 36.4 Å². The molecule has 28 heavy (non-hydrogen) atoms. The molecular formula is C20H15N3O5. The molecule has 0 saturated carbocycles. The molecule has 8 heteroatoms. The zero-order valence-corrected chi connectivity index (χ0v) is 14.5. The summed E-state index contributed by atoms with van der Waals surface area (Å²) in [6.07, 6.45) is 0. The molecule has 2 amide bonds. The Labute approximate surface area is 159 Å². The Hall–Kier alpha value is -4.20. The Bertz CT molecular complexity index is 1020. The summed E-state index contributed by atoms with van der Waals surface area (Å²) in [6, 6.07) is 19.2. The van der Waals surface area contributed by atoms with Crippen LogP contribution >= 0.6 is 0 Å². The molecule has 3 aromatic rings. The van der Waals surface area contributed by atoms with Crippen molar-refractivity contribution >= 4 is 23.2 Å². The number of non-ortho nitro benzene ring substituents is 1. The number of benzene rings is 3. The van der Waals surface area contributed by atoms with E-state index in [-0.39, 0.29) is 22.7 Å². The number of rotatable bonds is 4. The van der Waals surface area contributed by atoms with Crippen molar-refractivity contribution in [3.05, 3.63) is 100 Å². The smallest absolute Gasteiger partial charge is 0.280 e. The fourth-order valence-electron chi connectivity index (χ4n) is 2.49. The highest BCUT2D eigenvalue weighted by Gasteiger charge is 2.23. The predicted octanol–water partition coefficient (Wildman–Crippen LogP) is 3.29. The van der Waals surface area contributed by atoms with Gasteiger partial charge >= 0.3 is 0 Å². The van der Waals surface area contributed by atoms with E-state index in [9.17, 15) is 24.8 Å². The van der Waals surface area contributed by atoms with E-state index in [0.717, 1.165) is 5.01 Å². The Morgan fingerprint density at radius 3 is 2.11 bits per heavy atom. The van der Waals surface area contributed by atoms with Crippen LogP contribution in [0, 0.1) is 10.1 Å². The van der Waals surface area contributed by atoms with Crippen LogP contribution in [0.15, 0.2) is 78.9 Å². The number of aromatic hydroxyl groups is 1. The zero-order chi connectivity index (χ0) is 20.1. The number of nitrogens with one attached hydrogen (secondary N) is 1. The van der Waals surface area contributed by atoms with Crippen LogP contribution in [0.1, 0.15) is 20.7 Å². The molecule has 0 aromatic heterocycles.